The highest BCUT2D eigenvalue weighted by atomic mass is 19.4. The van der Waals surface area contributed by atoms with Crippen LogP contribution in [0.4, 0.5) is 32.8 Å². The Kier molecular flexibility index (Phi) is 6.47. The van der Waals surface area contributed by atoms with Crippen LogP contribution in [0.1, 0.15) is 47.6 Å². The third kappa shape index (κ3) is 4.55. The van der Waals surface area contributed by atoms with Gasteiger partial charge in [0, 0.05) is 31.3 Å². The Balaban J connectivity index is 1.36. The number of rotatable bonds is 4. The molecule has 0 unspecified atom stereocenters. The van der Waals surface area contributed by atoms with Crippen molar-refractivity contribution in [3.63, 3.8) is 0 Å². The lowest BCUT2D eigenvalue weighted by molar-refractivity contribution is -0.143. The topological polar surface area (TPSA) is 108 Å². The molecule has 5 amide bonds. The molecule has 206 valence electrons. The molecule has 2 aromatic carbocycles. The van der Waals surface area contributed by atoms with E-state index in [1.165, 1.54) is 11.9 Å². The number of hydrogen-bond donors (Lipinski definition) is 2. The van der Waals surface area contributed by atoms with E-state index >= 15 is 0 Å². The average molecular weight is 548 g/mol. The van der Waals surface area contributed by atoms with Gasteiger partial charge in [0.2, 0.25) is 11.5 Å². The Hall–Kier alpha value is -4.16. The Morgan fingerprint density at radius 3 is 2.64 bits per heavy atom. The van der Waals surface area contributed by atoms with Gasteiger partial charge in [-0.05, 0) is 54.7 Å². The van der Waals surface area contributed by atoms with Crippen LogP contribution < -0.4 is 10.6 Å². The van der Waals surface area contributed by atoms with E-state index in [1.54, 1.807) is 18.2 Å². The minimum atomic E-state index is -4.83. The number of carbonyl (C=O) groups excluding carboxylic acids is 4. The molecule has 1 aliphatic carbocycles. The molecule has 0 aromatic heterocycles. The number of fused-ring (bicyclic) bond motifs is 2. The van der Waals surface area contributed by atoms with E-state index in [1.807, 2.05) is 0 Å². The van der Waals surface area contributed by atoms with Crippen LogP contribution in [-0.4, -0.2) is 53.9 Å². The van der Waals surface area contributed by atoms with Crippen LogP contribution in [0, 0.1) is 5.82 Å². The first-order valence-corrected chi connectivity index (χ1v) is 12.3. The van der Waals surface area contributed by atoms with Crippen molar-refractivity contribution in [2.75, 3.05) is 25.5 Å². The number of imide groups is 1. The maximum atomic E-state index is 13.6. The van der Waals surface area contributed by atoms with Crippen molar-refractivity contribution in [1.29, 1.82) is 0 Å². The summed E-state index contributed by atoms with van der Waals surface area (Å²) in [4.78, 5) is 53.0. The van der Waals surface area contributed by atoms with E-state index in [0.717, 1.165) is 12.1 Å². The lowest BCUT2D eigenvalue weighted by atomic mass is 9.94. The summed E-state index contributed by atoms with van der Waals surface area (Å²) in [5.41, 5.74) is -1.42. The third-order valence-electron chi connectivity index (χ3n) is 7.39. The fraction of sp³-hybridized carbons (Fsp3) is 0.385. The van der Waals surface area contributed by atoms with Gasteiger partial charge in [0.25, 0.3) is 5.91 Å². The standard InChI is InChI=1S/C26H24F4N4O5/c1-31-23(37)32-16-5-7-18-14(11-16)8-9-25(18)22(36)34(24(38)39-25)13-21(35)33-10-2-3-20(33)17-6-4-15(27)12-19(17)26(28,29)30/h4-7,11-12,20H,2-3,8-10,13H2,1H3,(H2,31,32,37)/t20-,25-/m1/s1. The van der Waals surface area contributed by atoms with Crippen molar-refractivity contribution in [2.24, 2.45) is 0 Å². The second kappa shape index (κ2) is 9.54. The summed E-state index contributed by atoms with van der Waals surface area (Å²) in [6.07, 6.45) is -4.74. The summed E-state index contributed by atoms with van der Waals surface area (Å²) < 4.78 is 60.0. The molecular weight excluding hydrogens is 524 g/mol. The normalized spacial score (nSPS) is 22.3. The molecule has 9 nitrogen and oxygen atoms in total. The Morgan fingerprint density at radius 1 is 1.15 bits per heavy atom. The number of halogens is 4. The minimum Gasteiger partial charge on any atom is -0.427 e. The van der Waals surface area contributed by atoms with Crippen molar-refractivity contribution < 1.29 is 41.5 Å². The zero-order valence-electron chi connectivity index (χ0n) is 20.7. The van der Waals surface area contributed by atoms with Crippen LogP contribution >= 0.6 is 0 Å². The highest BCUT2D eigenvalue weighted by Gasteiger charge is 2.58. The number of nitrogens with one attached hydrogen (secondary N) is 2. The molecule has 5 rings (SSSR count). The molecule has 39 heavy (non-hydrogen) atoms. The number of alkyl halides is 3. The molecule has 0 radical (unpaired) electrons. The van der Waals surface area contributed by atoms with Gasteiger partial charge in [-0.2, -0.15) is 13.2 Å². The molecule has 2 fully saturated rings. The number of nitrogens with zero attached hydrogens (tertiary/aromatic N) is 2. The summed E-state index contributed by atoms with van der Waals surface area (Å²) in [5.74, 6) is -2.51. The fourth-order valence-electron chi connectivity index (χ4n) is 5.60. The number of likely N-dealkylation sites (tertiary alicyclic amines) is 1. The number of amides is 5. The van der Waals surface area contributed by atoms with E-state index in [9.17, 15) is 36.7 Å². The van der Waals surface area contributed by atoms with Crippen molar-refractivity contribution in [2.45, 2.75) is 43.5 Å². The van der Waals surface area contributed by atoms with Gasteiger partial charge in [0.1, 0.15) is 12.4 Å². The number of aryl methyl sites for hydroxylation is 1. The van der Waals surface area contributed by atoms with Gasteiger partial charge in [0.15, 0.2) is 0 Å². The van der Waals surface area contributed by atoms with E-state index in [-0.39, 0.29) is 24.9 Å². The van der Waals surface area contributed by atoms with Gasteiger partial charge in [-0.1, -0.05) is 12.1 Å². The van der Waals surface area contributed by atoms with Gasteiger partial charge in [-0.15, -0.1) is 0 Å². The molecule has 13 heteroatoms. The van der Waals surface area contributed by atoms with E-state index < -0.39 is 59.7 Å². The zero-order valence-corrected chi connectivity index (χ0v) is 20.7. The SMILES string of the molecule is CNC(=O)Nc1ccc2c(c1)CC[C@@]21OC(=O)N(CC(=O)N2CCC[C@@H]2c2ccc(F)cc2C(F)(F)F)C1=O. The van der Waals surface area contributed by atoms with Crippen molar-refractivity contribution in [3.8, 4) is 0 Å². The molecule has 2 aliphatic heterocycles. The van der Waals surface area contributed by atoms with Gasteiger partial charge in [-0.25, -0.2) is 18.9 Å². The van der Waals surface area contributed by atoms with Crippen LogP contribution in [0.5, 0.6) is 0 Å². The predicted molar refractivity (Wildman–Crippen MR) is 128 cm³/mol. The molecule has 2 atom stereocenters. The quantitative estimate of drug-likeness (QED) is 0.560. The second-order valence-corrected chi connectivity index (χ2v) is 9.64. The molecule has 2 saturated heterocycles. The number of anilines is 1. The van der Waals surface area contributed by atoms with Crippen LogP contribution in [0.15, 0.2) is 36.4 Å². The monoisotopic (exact) mass is 548 g/mol. The van der Waals surface area contributed by atoms with Crippen LogP contribution in [0.2, 0.25) is 0 Å². The Bertz CT molecular complexity index is 1380. The lowest BCUT2D eigenvalue weighted by Gasteiger charge is -2.28. The van der Waals surface area contributed by atoms with Gasteiger partial charge < -0.3 is 20.3 Å². The largest absolute Gasteiger partial charge is 0.427 e. The van der Waals surface area contributed by atoms with Gasteiger partial charge in [0.05, 0.1) is 11.6 Å². The Labute approximate surface area is 220 Å². The first-order valence-electron chi connectivity index (χ1n) is 12.3. The average Bonchev–Trinajstić information content (AvgIpc) is 3.57. The first kappa shape index (κ1) is 26.4. The molecule has 2 N–H and O–H groups in total. The van der Waals surface area contributed by atoms with Crippen molar-refractivity contribution in [3.05, 3.63) is 64.5 Å². The molecule has 1 spiro atoms. The summed E-state index contributed by atoms with van der Waals surface area (Å²) in [7, 11) is 1.46. The molecule has 0 bridgehead atoms. The van der Waals surface area contributed by atoms with Gasteiger partial charge >= 0.3 is 18.3 Å². The molecule has 0 saturated carbocycles. The summed E-state index contributed by atoms with van der Waals surface area (Å²) in [5, 5.41) is 5.05. The summed E-state index contributed by atoms with van der Waals surface area (Å²) in [6, 6.07) is 5.71. The second-order valence-electron chi connectivity index (χ2n) is 9.64. The molecule has 2 heterocycles. The number of benzene rings is 2. The highest BCUT2D eigenvalue weighted by Crippen LogP contribution is 2.46. The van der Waals surface area contributed by atoms with E-state index in [4.69, 9.17) is 4.74 Å². The molecule has 3 aliphatic rings. The highest BCUT2D eigenvalue weighted by molar-refractivity contribution is 6.06. The molecular formula is C26H24F4N4O5. The summed E-state index contributed by atoms with van der Waals surface area (Å²) >= 11 is 0. The predicted octanol–water partition coefficient (Wildman–Crippen LogP) is 4.08. The van der Waals surface area contributed by atoms with E-state index in [0.29, 0.717) is 40.6 Å². The fourth-order valence-corrected chi connectivity index (χ4v) is 5.60. The zero-order chi connectivity index (χ0) is 28.1. The number of carbonyl (C=O) groups is 4. The first-order chi connectivity index (χ1) is 18.4. The van der Waals surface area contributed by atoms with Crippen molar-refractivity contribution >= 4 is 29.6 Å². The smallest absolute Gasteiger partial charge is 0.418 e. The van der Waals surface area contributed by atoms with Gasteiger partial charge in [-0.3, -0.25) is 9.59 Å². The number of urea groups is 1. The van der Waals surface area contributed by atoms with Crippen molar-refractivity contribution in [1.82, 2.24) is 15.1 Å². The minimum absolute atomic E-state index is 0.115. The molecule has 2 aromatic rings. The maximum Gasteiger partial charge on any atom is 0.418 e. The summed E-state index contributed by atoms with van der Waals surface area (Å²) in [6.45, 7) is -0.589. The van der Waals surface area contributed by atoms with Crippen LogP contribution in [0.25, 0.3) is 0 Å². The lowest BCUT2D eigenvalue weighted by Crippen LogP contribution is -2.44. The number of ether oxygens (including phenoxy) is 1. The Morgan fingerprint density at radius 2 is 1.92 bits per heavy atom. The third-order valence-corrected chi connectivity index (χ3v) is 7.39. The van der Waals surface area contributed by atoms with E-state index in [2.05, 4.69) is 10.6 Å². The maximum absolute atomic E-state index is 13.6. The number of hydrogen-bond acceptors (Lipinski definition) is 5. The van der Waals surface area contributed by atoms with Crippen LogP contribution in [-0.2, 0) is 32.5 Å². The van der Waals surface area contributed by atoms with Crippen LogP contribution in [0.3, 0.4) is 0 Å².